The maximum Gasteiger partial charge on any atom is 0.335 e. The second kappa shape index (κ2) is 4.99. The molecule has 0 bridgehead atoms. The van der Waals surface area contributed by atoms with Crippen molar-refractivity contribution in [3.8, 4) is 12.3 Å². The van der Waals surface area contributed by atoms with Crippen LogP contribution in [0.25, 0.3) is 0 Å². The summed E-state index contributed by atoms with van der Waals surface area (Å²) < 4.78 is 39.6. The summed E-state index contributed by atoms with van der Waals surface area (Å²) in [7, 11) is -4.16. The fourth-order valence-electron chi connectivity index (χ4n) is 1.27. The molecule has 0 heterocycles. The van der Waals surface area contributed by atoms with Crippen LogP contribution < -0.4 is 4.72 Å². The summed E-state index contributed by atoms with van der Waals surface area (Å²) in [5, 5.41) is 8.67. The van der Waals surface area contributed by atoms with E-state index in [0.717, 1.165) is 12.1 Å². The molecule has 0 atom stereocenters. The maximum absolute atomic E-state index is 13.7. The molecule has 2 N–H and O–H groups in total. The largest absolute Gasteiger partial charge is 0.478 e. The molecule has 102 valence electrons. The van der Waals surface area contributed by atoms with Crippen LogP contribution in [0, 0.1) is 18.2 Å². The first kappa shape index (κ1) is 15.1. The van der Waals surface area contributed by atoms with E-state index in [9.17, 15) is 17.6 Å². The highest BCUT2D eigenvalue weighted by atomic mass is 32.2. The van der Waals surface area contributed by atoms with Crippen molar-refractivity contribution in [3.63, 3.8) is 0 Å². The van der Waals surface area contributed by atoms with Gasteiger partial charge < -0.3 is 5.11 Å². The highest BCUT2D eigenvalue weighted by molar-refractivity contribution is 7.89. The minimum atomic E-state index is -4.16. The molecule has 0 aliphatic rings. The molecule has 0 aromatic heterocycles. The lowest BCUT2D eigenvalue weighted by Gasteiger charge is -2.19. The normalized spacial score (nSPS) is 11.9. The standard InChI is InChI=1S/C12H12FNO4S/c1-4-12(2,3)14-19(17,18)10-6-5-8(11(15)16)7-9(10)13/h1,5-7,14H,2-3H3,(H,15,16). The summed E-state index contributed by atoms with van der Waals surface area (Å²) in [5.41, 5.74) is -1.52. The Morgan fingerprint density at radius 2 is 2.05 bits per heavy atom. The van der Waals surface area contributed by atoms with Crippen LogP contribution in [0.2, 0.25) is 0 Å². The van der Waals surface area contributed by atoms with Gasteiger partial charge in [0.1, 0.15) is 10.7 Å². The van der Waals surface area contributed by atoms with Crippen LogP contribution in [0.4, 0.5) is 4.39 Å². The Morgan fingerprint density at radius 3 is 2.47 bits per heavy atom. The second-order valence-corrected chi connectivity index (χ2v) is 5.98. The van der Waals surface area contributed by atoms with E-state index in [1.165, 1.54) is 13.8 Å². The molecule has 7 heteroatoms. The molecule has 1 rings (SSSR count). The van der Waals surface area contributed by atoms with Crippen LogP contribution in [-0.4, -0.2) is 25.0 Å². The number of carboxylic acids is 1. The molecule has 0 saturated heterocycles. The molecule has 0 radical (unpaired) electrons. The Bertz CT molecular complexity index is 659. The third kappa shape index (κ3) is 3.53. The van der Waals surface area contributed by atoms with Gasteiger partial charge in [0.15, 0.2) is 0 Å². The van der Waals surface area contributed by atoms with Crippen LogP contribution in [0.5, 0.6) is 0 Å². The number of hydrogen-bond acceptors (Lipinski definition) is 3. The minimum absolute atomic E-state index is 0.340. The van der Waals surface area contributed by atoms with E-state index < -0.39 is 32.2 Å². The predicted octanol–water partition coefficient (Wildman–Crippen LogP) is 1.21. The van der Waals surface area contributed by atoms with Gasteiger partial charge >= 0.3 is 5.97 Å². The molecule has 0 saturated carbocycles. The van der Waals surface area contributed by atoms with E-state index in [4.69, 9.17) is 11.5 Å². The molecule has 1 aromatic rings. The van der Waals surface area contributed by atoms with Gasteiger partial charge in [0.25, 0.3) is 0 Å². The molecule has 0 amide bonds. The molecule has 0 aliphatic carbocycles. The number of hydrogen-bond donors (Lipinski definition) is 2. The van der Waals surface area contributed by atoms with E-state index in [1.54, 1.807) is 0 Å². The molecular formula is C12H12FNO4S. The Hall–Kier alpha value is -1.91. The number of benzene rings is 1. The van der Waals surface area contributed by atoms with Crippen LogP contribution in [0.15, 0.2) is 23.1 Å². The fourth-order valence-corrected chi connectivity index (χ4v) is 2.68. The quantitative estimate of drug-likeness (QED) is 0.815. The third-order valence-electron chi connectivity index (χ3n) is 2.22. The summed E-state index contributed by atoms with van der Waals surface area (Å²) in [6.45, 7) is 2.88. The molecule has 0 spiro atoms. The molecular weight excluding hydrogens is 273 g/mol. The van der Waals surface area contributed by atoms with Crippen molar-refractivity contribution < 1.29 is 22.7 Å². The monoisotopic (exact) mass is 285 g/mol. The molecule has 0 aliphatic heterocycles. The summed E-state index contributed by atoms with van der Waals surface area (Å²) in [6.07, 6.45) is 5.15. The molecule has 5 nitrogen and oxygen atoms in total. The van der Waals surface area contributed by atoms with E-state index in [1.807, 2.05) is 0 Å². The van der Waals surface area contributed by atoms with Crippen molar-refractivity contribution in [2.24, 2.45) is 0 Å². The highest BCUT2D eigenvalue weighted by Gasteiger charge is 2.27. The van der Waals surface area contributed by atoms with Crippen LogP contribution >= 0.6 is 0 Å². The van der Waals surface area contributed by atoms with Gasteiger partial charge in [0.2, 0.25) is 10.0 Å². The Balaban J connectivity index is 3.24. The number of rotatable bonds is 4. The van der Waals surface area contributed by atoms with E-state index >= 15 is 0 Å². The first-order valence-electron chi connectivity index (χ1n) is 5.14. The van der Waals surface area contributed by atoms with Crippen molar-refractivity contribution >= 4 is 16.0 Å². The van der Waals surface area contributed by atoms with Gasteiger partial charge in [0.05, 0.1) is 11.1 Å². The van der Waals surface area contributed by atoms with Crippen molar-refractivity contribution in [1.29, 1.82) is 0 Å². The third-order valence-corrected chi connectivity index (χ3v) is 3.91. The summed E-state index contributed by atoms with van der Waals surface area (Å²) >= 11 is 0. The van der Waals surface area contributed by atoms with Gasteiger partial charge in [-0.2, -0.15) is 4.72 Å². The number of aromatic carboxylic acids is 1. The number of halogens is 1. The average Bonchev–Trinajstić information content (AvgIpc) is 2.27. The zero-order valence-electron chi connectivity index (χ0n) is 10.3. The first-order valence-corrected chi connectivity index (χ1v) is 6.62. The first-order chi connectivity index (χ1) is 8.59. The Kier molecular flexibility index (Phi) is 3.98. The van der Waals surface area contributed by atoms with Gasteiger partial charge in [-0.15, -0.1) is 6.42 Å². The van der Waals surface area contributed by atoms with E-state index in [-0.39, 0.29) is 5.56 Å². The molecule has 0 fully saturated rings. The summed E-state index contributed by atoms with van der Waals surface area (Å²) in [6, 6.07) is 2.52. The zero-order chi connectivity index (χ0) is 14.8. The smallest absolute Gasteiger partial charge is 0.335 e. The lowest BCUT2D eigenvalue weighted by molar-refractivity contribution is 0.0696. The van der Waals surface area contributed by atoms with E-state index in [2.05, 4.69) is 10.6 Å². The van der Waals surface area contributed by atoms with Gasteiger partial charge in [-0.1, -0.05) is 5.92 Å². The lowest BCUT2D eigenvalue weighted by Crippen LogP contribution is -2.42. The van der Waals surface area contributed by atoms with Crippen LogP contribution in [0.3, 0.4) is 0 Å². The van der Waals surface area contributed by atoms with Gasteiger partial charge in [-0.05, 0) is 32.0 Å². The highest BCUT2D eigenvalue weighted by Crippen LogP contribution is 2.18. The number of sulfonamides is 1. The van der Waals surface area contributed by atoms with Crippen LogP contribution in [0.1, 0.15) is 24.2 Å². The van der Waals surface area contributed by atoms with Gasteiger partial charge in [-0.3, -0.25) is 0 Å². The summed E-state index contributed by atoms with van der Waals surface area (Å²) in [5.74, 6) is -0.291. The van der Waals surface area contributed by atoms with Gasteiger partial charge in [-0.25, -0.2) is 17.6 Å². The van der Waals surface area contributed by atoms with Crippen LogP contribution in [-0.2, 0) is 10.0 Å². The van der Waals surface area contributed by atoms with Crippen molar-refractivity contribution in [2.75, 3.05) is 0 Å². The number of terminal acetylenes is 1. The topological polar surface area (TPSA) is 83.5 Å². The number of nitrogens with one attached hydrogen (secondary N) is 1. The lowest BCUT2D eigenvalue weighted by atomic mass is 10.1. The molecule has 1 aromatic carbocycles. The van der Waals surface area contributed by atoms with Gasteiger partial charge in [0, 0.05) is 0 Å². The average molecular weight is 285 g/mol. The second-order valence-electron chi connectivity index (χ2n) is 4.33. The van der Waals surface area contributed by atoms with Crippen molar-refractivity contribution in [3.05, 3.63) is 29.6 Å². The number of carbonyl (C=O) groups is 1. The summed E-state index contributed by atoms with van der Waals surface area (Å²) in [4.78, 5) is 9.98. The molecule has 19 heavy (non-hydrogen) atoms. The van der Waals surface area contributed by atoms with E-state index in [0.29, 0.717) is 6.07 Å². The predicted molar refractivity (Wildman–Crippen MR) is 66.6 cm³/mol. The molecule has 0 unspecified atom stereocenters. The van der Waals surface area contributed by atoms with Crippen molar-refractivity contribution in [2.45, 2.75) is 24.3 Å². The minimum Gasteiger partial charge on any atom is -0.478 e. The fraction of sp³-hybridized carbons (Fsp3) is 0.250. The number of carboxylic acid groups (broad SMARTS) is 1. The Labute approximate surface area is 110 Å². The van der Waals surface area contributed by atoms with Crippen molar-refractivity contribution in [1.82, 2.24) is 4.72 Å². The SMILES string of the molecule is C#CC(C)(C)NS(=O)(=O)c1ccc(C(=O)O)cc1F. The Morgan fingerprint density at radius 1 is 1.47 bits per heavy atom. The zero-order valence-corrected chi connectivity index (χ0v) is 11.1. The maximum atomic E-state index is 13.7.